The van der Waals surface area contributed by atoms with Crippen LogP contribution in [0.4, 0.5) is 0 Å². The molecule has 0 aromatic heterocycles. The van der Waals surface area contributed by atoms with Crippen LogP contribution < -0.4 is 0 Å². The second kappa shape index (κ2) is 9.89. The van der Waals surface area contributed by atoms with Crippen LogP contribution in [0.25, 0.3) is 0 Å². The van der Waals surface area contributed by atoms with Gasteiger partial charge in [-0.3, -0.25) is 0 Å². The highest BCUT2D eigenvalue weighted by atomic mass is 33.5. The maximum atomic E-state index is 5.75. The molecular formula is C9H21PS4. The molecule has 0 rings (SSSR count). The molecule has 0 aromatic carbocycles. The van der Waals surface area contributed by atoms with Gasteiger partial charge in [0, 0.05) is 0 Å². The quantitative estimate of drug-likeness (QED) is 0.397. The first-order valence-electron chi connectivity index (χ1n) is 5.22. The van der Waals surface area contributed by atoms with Crippen LogP contribution in [-0.4, -0.2) is 17.3 Å². The van der Waals surface area contributed by atoms with Crippen LogP contribution >= 0.6 is 37.8 Å². The molecule has 0 amide bonds. The Hall–Kier alpha value is 1.70. The molecule has 0 aromatic rings. The molecule has 0 radical (unpaired) electrons. The highest BCUT2D eigenvalue weighted by Gasteiger charge is 2.16. The Bertz CT molecular complexity index is 162. The number of unbranched alkanes of at least 4 members (excludes halogenated alkanes) is 2. The summed E-state index contributed by atoms with van der Waals surface area (Å²) in [5.74, 6) is 3.61. The summed E-state index contributed by atoms with van der Waals surface area (Å²) in [6.07, 6.45) is 4.01. The van der Waals surface area contributed by atoms with Gasteiger partial charge >= 0.3 is 0 Å². The third kappa shape index (κ3) is 7.92. The third-order valence-electron chi connectivity index (χ3n) is 1.57. The fourth-order valence-electron chi connectivity index (χ4n) is 0.956. The SMILES string of the molecule is CCCCCSP(=S)(SCC)SCC. The van der Waals surface area contributed by atoms with Gasteiger partial charge in [-0.15, -0.1) is 34.1 Å². The Labute approximate surface area is 106 Å². The first-order valence-corrected chi connectivity index (χ1v) is 12.8. The summed E-state index contributed by atoms with van der Waals surface area (Å²) < 4.78 is -1.18. The summed E-state index contributed by atoms with van der Waals surface area (Å²) in [6, 6.07) is 0. The van der Waals surface area contributed by atoms with Gasteiger partial charge < -0.3 is 0 Å². The molecule has 0 aliphatic rings. The van der Waals surface area contributed by atoms with Gasteiger partial charge in [0.25, 0.3) is 0 Å². The van der Waals surface area contributed by atoms with E-state index < -0.39 is 3.64 Å². The summed E-state index contributed by atoms with van der Waals surface area (Å²) in [5.41, 5.74) is 0. The second-order valence-electron chi connectivity index (χ2n) is 2.82. The standard InChI is InChI=1S/C9H21PS4/c1-4-7-8-9-14-10(11,12-5-2)13-6-3/h4-9H2,1-3H3. The van der Waals surface area contributed by atoms with Crippen molar-refractivity contribution in [3.05, 3.63) is 0 Å². The molecule has 0 atom stereocenters. The predicted molar refractivity (Wildman–Crippen MR) is 82.5 cm³/mol. The van der Waals surface area contributed by atoms with Crippen molar-refractivity contribution in [3.8, 4) is 0 Å². The lowest BCUT2D eigenvalue weighted by atomic mass is 10.3. The van der Waals surface area contributed by atoms with E-state index in [1.54, 1.807) is 0 Å². The van der Waals surface area contributed by atoms with Crippen molar-refractivity contribution in [2.24, 2.45) is 0 Å². The van der Waals surface area contributed by atoms with E-state index in [1.165, 1.54) is 36.5 Å². The van der Waals surface area contributed by atoms with Crippen molar-refractivity contribution in [3.63, 3.8) is 0 Å². The summed E-state index contributed by atoms with van der Waals surface area (Å²) in [6.45, 7) is 6.69. The van der Waals surface area contributed by atoms with E-state index in [4.69, 9.17) is 11.8 Å². The third-order valence-corrected chi connectivity index (χ3v) is 17.0. The van der Waals surface area contributed by atoms with E-state index in [1.807, 2.05) is 22.8 Å². The molecule has 86 valence electrons. The molecule has 0 heterocycles. The number of hydrogen-bond acceptors (Lipinski definition) is 4. The fraction of sp³-hybridized carbons (Fsp3) is 1.00. The van der Waals surface area contributed by atoms with Crippen molar-refractivity contribution < 1.29 is 0 Å². The molecule has 0 aliphatic carbocycles. The van der Waals surface area contributed by atoms with Crippen LogP contribution in [0.3, 0.4) is 0 Å². The number of rotatable bonds is 9. The summed E-state index contributed by atoms with van der Waals surface area (Å²) in [5, 5.41) is 0. The molecular weight excluding hydrogens is 267 g/mol. The average molecular weight is 289 g/mol. The van der Waals surface area contributed by atoms with E-state index in [0.717, 1.165) is 0 Å². The van der Waals surface area contributed by atoms with Crippen molar-refractivity contribution in [1.82, 2.24) is 0 Å². The molecule has 0 saturated carbocycles. The molecule has 0 bridgehead atoms. The van der Waals surface area contributed by atoms with Gasteiger partial charge in [-0.2, -0.15) is 0 Å². The van der Waals surface area contributed by atoms with Crippen LogP contribution in [0.1, 0.15) is 40.0 Å². The Morgan fingerprint density at radius 2 is 1.50 bits per heavy atom. The van der Waals surface area contributed by atoms with Crippen LogP contribution in [0.15, 0.2) is 0 Å². The van der Waals surface area contributed by atoms with E-state index in [9.17, 15) is 0 Å². The normalized spacial score (nSPS) is 11.9. The van der Waals surface area contributed by atoms with E-state index >= 15 is 0 Å². The van der Waals surface area contributed by atoms with Crippen molar-refractivity contribution in [2.45, 2.75) is 40.0 Å². The Balaban J connectivity index is 3.78. The Morgan fingerprint density at radius 3 is 1.93 bits per heavy atom. The van der Waals surface area contributed by atoms with Gasteiger partial charge in [-0.25, -0.2) is 0 Å². The van der Waals surface area contributed by atoms with E-state index in [-0.39, 0.29) is 0 Å². The van der Waals surface area contributed by atoms with Crippen LogP contribution in [0.2, 0.25) is 0 Å². The van der Waals surface area contributed by atoms with Gasteiger partial charge in [0.2, 0.25) is 0 Å². The Morgan fingerprint density at radius 1 is 0.929 bits per heavy atom. The lowest BCUT2D eigenvalue weighted by Gasteiger charge is -2.18. The molecule has 0 nitrogen and oxygen atoms in total. The largest absolute Gasteiger partial charge is 0.109 e. The van der Waals surface area contributed by atoms with Crippen LogP contribution in [0.5, 0.6) is 0 Å². The van der Waals surface area contributed by atoms with Crippen molar-refractivity contribution in [2.75, 3.05) is 17.3 Å². The monoisotopic (exact) mass is 288 g/mol. The van der Waals surface area contributed by atoms with Crippen molar-refractivity contribution >= 4 is 49.6 Å². The first kappa shape index (κ1) is 15.7. The molecule has 0 fully saturated rings. The summed E-state index contributed by atoms with van der Waals surface area (Å²) in [7, 11) is 0. The smallest absolute Gasteiger partial charge is 0.105 e. The maximum absolute atomic E-state index is 5.75. The van der Waals surface area contributed by atoms with E-state index in [0.29, 0.717) is 0 Å². The van der Waals surface area contributed by atoms with Crippen LogP contribution in [0, 0.1) is 0 Å². The van der Waals surface area contributed by atoms with Gasteiger partial charge in [0.1, 0.15) is 3.64 Å². The summed E-state index contributed by atoms with van der Waals surface area (Å²) >= 11 is 11.8. The van der Waals surface area contributed by atoms with Gasteiger partial charge in [-0.1, -0.05) is 45.4 Å². The Kier molecular flexibility index (Phi) is 11.1. The molecule has 0 spiro atoms. The topological polar surface area (TPSA) is 0 Å². The fourth-order valence-corrected chi connectivity index (χ4v) is 15.7. The predicted octanol–water partition coefficient (Wildman–Crippen LogP) is 5.64. The second-order valence-corrected chi connectivity index (χ2v) is 19.1. The molecule has 0 aliphatic heterocycles. The minimum Gasteiger partial charge on any atom is -0.105 e. The summed E-state index contributed by atoms with van der Waals surface area (Å²) in [4.78, 5) is 0. The zero-order chi connectivity index (χ0) is 10.9. The lowest BCUT2D eigenvalue weighted by molar-refractivity contribution is 0.779. The lowest BCUT2D eigenvalue weighted by Crippen LogP contribution is -1.79. The maximum Gasteiger partial charge on any atom is 0.109 e. The van der Waals surface area contributed by atoms with Crippen molar-refractivity contribution in [1.29, 1.82) is 0 Å². The zero-order valence-corrected chi connectivity index (χ0v) is 13.5. The molecule has 0 unspecified atom stereocenters. The minimum atomic E-state index is -1.18. The average Bonchev–Trinajstić information content (AvgIpc) is 2.13. The molecule has 0 N–H and O–H groups in total. The first-order chi connectivity index (χ1) is 6.68. The van der Waals surface area contributed by atoms with Gasteiger partial charge in [0.15, 0.2) is 0 Å². The van der Waals surface area contributed by atoms with Gasteiger partial charge in [0.05, 0.1) is 0 Å². The zero-order valence-electron chi connectivity index (χ0n) is 9.32. The highest BCUT2D eigenvalue weighted by Crippen LogP contribution is 2.78. The molecule has 14 heavy (non-hydrogen) atoms. The van der Waals surface area contributed by atoms with E-state index in [2.05, 4.69) is 32.2 Å². The minimum absolute atomic E-state index is 1.17. The number of hydrogen-bond donors (Lipinski definition) is 0. The van der Waals surface area contributed by atoms with Crippen LogP contribution in [-0.2, 0) is 11.8 Å². The molecule has 0 saturated heterocycles. The van der Waals surface area contributed by atoms with Gasteiger partial charge in [-0.05, 0) is 23.7 Å². The highest BCUT2D eigenvalue weighted by molar-refractivity contribution is 9.23. The molecule has 5 heteroatoms.